The Labute approximate surface area is 80.3 Å². The molecule has 3 nitrogen and oxygen atoms in total. The van der Waals surface area contributed by atoms with Gasteiger partial charge in [0.2, 0.25) is 0 Å². The van der Waals surface area contributed by atoms with Crippen LogP contribution in [0.2, 0.25) is 0 Å². The number of hydrogen-bond donors (Lipinski definition) is 0. The molecule has 0 N–H and O–H groups in total. The largest absolute Gasteiger partial charge is 0.383 e. The van der Waals surface area contributed by atoms with Crippen LogP contribution in [-0.4, -0.2) is 38.3 Å². The van der Waals surface area contributed by atoms with Crippen molar-refractivity contribution < 1.29 is 4.74 Å². The molecule has 0 aromatic carbocycles. The quantitative estimate of drug-likeness (QED) is 0.659. The first-order chi connectivity index (χ1) is 6.20. The fourth-order valence-electron chi connectivity index (χ4n) is 1.85. The van der Waals surface area contributed by atoms with Crippen molar-refractivity contribution in [2.24, 2.45) is 5.41 Å². The molecular formula is C10H18N2O. The van der Waals surface area contributed by atoms with Gasteiger partial charge >= 0.3 is 0 Å². The normalized spacial score (nSPS) is 29.9. The van der Waals surface area contributed by atoms with Gasteiger partial charge in [-0.2, -0.15) is 5.26 Å². The summed E-state index contributed by atoms with van der Waals surface area (Å²) in [6.45, 7) is 5.77. The van der Waals surface area contributed by atoms with Gasteiger partial charge in [-0.05, 0) is 26.3 Å². The van der Waals surface area contributed by atoms with E-state index in [0.717, 1.165) is 39.1 Å². The Bertz CT molecular complexity index is 200. The Morgan fingerprint density at radius 2 is 2.38 bits per heavy atom. The van der Waals surface area contributed by atoms with E-state index in [1.54, 1.807) is 7.11 Å². The van der Waals surface area contributed by atoms with E-state index in [9.17, 15) is 0 Å². The Kier molecular flexibility index (Phi) is 3.71. The van der Waals surface area contributed by atoms with Gasteiger partial charge in [0.25, 0.3) is 0 Å². The first kappa shape index (κ1) is 10.5. The van der Waals surface area contributed by atoms with E-state index in [1.807, 2.05) is 6.92 Å². The molecule has 1 fully saturated rings. The molecule has 1 saturated heterocycles. The maximum Gasteiger partial charge on any atom is 0.0700 e. The van der Waals surface area contributed by atoms with E-state index in [0.29, 0.717) is 0 Å². The molecular weight excluding hydrogens is 164 g/mol. The Hall–Kier alpha value is -0.590. The third-order valence-corrected chi connectivity index (χ3v) is 2.66. The van der Waals surface area contributed by atoms with Crippen LogP contribution in [0.15, 0.2) is 0 Å². The number of nitrogens with zero attached hydrogens (tertiary/aromatic N) is 2. The first-order valence-electron chi connectivity index (χ1n) is 4.83. The highest BCUT2D eigenvalue weighted by Crippen LogP contribution is 2.27. The van der Waals surface area contributed by atoms with Crippen molar-refractivity contribution >= 4 is 0 Å². The van der Waals surface area contributed by atoms with E-state index in [4.69, 9.17) is 10.00 Å². The average Bonchev–Trinajstić information content (AvgIpc) is 2.15. The highest BCUT2D eigenvalue weighted by Gasteiger charge is 2.30. The number of methoxy groups -OCH3 is 1. The molecule has 1 aliphatic rings. The molecule has 74 valence electrons. The summed E-state index contributed by atoms with van der Waals surface area (Å²) in [6, 6.07) is 2.40. The van der Waals surface area contributed by atoms with Crippen LogP contribution in [0.25, 0.3) is 0 Å². The Morgan fingerprint density at radius 3 is 3.00 bits per heavy atom. The van der Waals surface area contributed by atoms with Gasteiger partial charge in [-0.15, -0.1) is 0 Å². The molecule has 1 aliphatic heterocycles. The standard InChI is InChI=1S/C10H18N2O/c1-10(8-11)4-3-5-12(9-10)6-7-13-2/h3-7,9H2,1-2H3. The lowest BCUT2D eigenvalue weighted by atomic mass is 9.83. The molecule has 1 heterocycles. The summed E-state index contributed by atoms with van der Waals surface area (Å²) in [5.41, 5.74) is -0.133. The number of nitriles is 1. The predicted octanol–water partition coefficient (Wildman–Crippen LogP) is 1.26. The van der Waals surface area contributed by atoms with Crippen LogP contribution in [0.1, 0.15) is 19.8 Å². The minimum Gasteiger partial charge on any atom is -0.383 e. The molecule has 1 atom stereocenters. The van der Waals surface area contributed by atoms with Crippen LogP contribution in [0.3, 0.4) is 0 Å². The summed E-state index contributed by atoms with van der Waals surface area (Å²) in [4.78, 5) is 2.32. The van der Waals surface area contributed by atoms with Gasteiger partial charge in [0.1, 0.15) is 0 Å². The second kappa shape index (κ2) is 4.59. The van der Waals surface area contributed by atoms with Crippen LogP contribution in [0, 0.1) is 16.7 Å². The van der Waals surface area contributed by atoms with Crippen LogP contribution < -0.4 is 0 Å². The topological polar surface area (TPSA) is 36.3 Å². The van der Waals surface area contributed by atoms with Crippen molar-refractivity contribution in [2.45, 2.75) is 19.8 Å². The SMILES string of the molecule is COCCN1CCCC(C)(C#N)C1. The molecule has 0 saturated carbocycles. The molecule has 0 aromatic heterocycles. The lowest BCUT2D eigenvalue weighted by molar-refractivity contribution is 0.0987. The number of hydrogen-bond acceptors (Lipinski definition) is 3. The lowest BCUT2D eigenvalue weighted by Gasteiger charge is -2.35. The smallest absolute Gasteiger partial charge is 0.0700 e. The summed E-state index contributed by atoms with van der Waals surface area (Å²) in [6.07, 6.45) is 2.17. The van der Waals surface area contributed by atoms with Crippen molar-refractivity contribution in [1.82, 2.24) is 4.90 Å². The second-order valence-electron chi connectivity index (χ2n) is 4.04. The number of likely N-dealkylation sites (tertiary alicyclic amines) is 1. The summed E-state index contributed by atoms with van der Waals surface area (Å²) < 4.78 is 5.02. The zero-order valence-electron chi connectivity index (χ0n) is 8.55. The maximum absolute atomic E-state index is 8.99. The van der Waals surface area contributed by atoms with Crippen molar-refractivity contribution in [3.05, 3.63) is 0 Å². The molecule has 1 unspecified atom stereocenters. The molecule has 0 bridgehead atoms. The molecule has 0 aliphatic carbocycles. The summed E-state index contributed by atoms with van der Waals surface area (Å²) in [7, 11) is 1.72. The third kappa shape index (κ3) is 2.98. The van der Waals surface area contributed by atoms with Crippen molar-refractivity contribution in [1.29, 1.82) is 5.26 Å². The Balaban J connectivity index is 2.38. The van der Waals surface area contributed by atoms with Gasteiger partial charge in [0.15, 0.2) is 0 Å². The highest BCUT2D eigenvalue weighted by atomic mass is 16.5. The predicted molar refractivity (Wildman–Crippen MR) is 51.3 cm³/mol. The molecule has 0 radical (unpaired) electrons. The minimum atomic E-state index is -0.133. The monoisotopic (exact) mass is 182 g/mol. The van der Waals surface area contributed by atoms with Crippen LogP contribution in [-0.2, 0) is 4.74 Å². The van der Waals surface area contributed by atoms with Crippen molar-refractivity contribution in [3.8, 4) is 6.07 Å². The fraction of sp³-hybridized carbons (Fsp3) is 0.900. The van der Waals surface area contributed by atoms with Gasteiger partial charge < -0.3 is 4.74 Å². The van der Waals surface area contributed by atoms with E-state index >= 15 is 0 Å². The van der Waals surface area contributed by atoms with Gasteiger partial charge in [0.05, 0.1) is 18.1 Å². The van der Waals surface area contributed by atoms with Gasteiger partial charge in [-0.1, -0.05) is 0 Å². The number of rotatable bonds is 3. The van der Waals surface area contributed by atoms with Gasteiger partial charge in [0, 0.05) is 20.2 Å². The third-order valence-electron chi connectivity index (χ3n) is 2.66. The van der Waals surface area contributed by atoms with E-state index < -0.39 is 0 Å². The zero-order chi connectivity index (χ0) is 9.73. The molecule has 0 spiro atoms. The van der Waals surface area contributed by atoms with Gasteiger partial charge in [-0.3, -0.25) is 4.90 Å². The fourth-order valence-corrected chi connectivity index (χ4v) is 1.85. The number of piperidine rings is 1. The second-order valence-corrected chi connectivity index (χ2v) is 4.04. The minimum absolute atomic E-state index is 0.133. The van der Waals surface area contributed by atoms with Crippen molar-refractivity contribution in [2.75, 3.05) is 33.4 Å². The molecule has 3 heteroatoms. The van der Waals surface area contributed by atoms with Gasteiger partial charge in [-0.25, -0.2) is 0 Å². The summed E-state index contributed by atoms with van der Waals surface area (Å²) >= 11 is 0. The highest BCUT2D eigenvalue weighted by molar-refractivity contribution is 4.99. The maximum atomic E-state index is 8.99. The van der Waals surface area contributed by atoms with E-state index in [1.165, 1.54) is 0 Å². The van der Waals surface area contributed by atoms with E-state index in [-0.39, 0.29) is 5.41 Å². The summed E-state index contributed by atoms with van der Waals surface area (Å²) in [5, 5.41) is 8.99. The molecule has 1 rings (SSSR count). The first-order valence-corrected chi connectivity index (χ1v) is 4.83. The van der Waals surface area contributed by atoms with Crippen LogP contribution in [0.4, 0.5) is 0 Å². The van der Waals surface area contributed by atoms with Crippen LogP contribution in [0.5, 0.6) is 0 Å². The van der Waals surface area contributed by atoms with Crippen molar-refractivity contribution in [3.63, 3.8) is 0 Å². The van der Waals surface area contributed by atoms with Crippen LogP contribution >= 0.6 is 0 Å². The number of ether oxygens (including phenoxy) is 1. The average molecular weight is 182 g/mol. The molecule has 0 amide bonds. The lowest BCUT2D eigenvalue weighted by Crippen LogP contribution is -2.42. The Morgan fingerprint density at radius 1 is 1.62 bits per heavy atom. The van der Waals surface area contributed by atoms with E-state index in [2.05, 4.69) is 11.0 Å². The summed E-state index contributed by atoms with van der Waals surface area (Å²) in [5.74, 6) is 0. The zero-order valence-corrected chi connectivity index (χ0v) is 8.55. The molecule has 0 aromatic rings. The molecule has 13 heavy (non-hydrogen) atoms.